The number of para-hydroxylation sites is 1. The molecule has 0 fully saturated rings. The monoisotopic (exact) mass is 1080 g/mol. The summed E-state index contributed by atoms with van der Waals surface area (Å²) >= 11 is 1.77. The molecule has 0 saturated carbocycles. The highest BCUT2D eigenvalue weighted by molar-refractivity contribution is 7.98. The molecule has 0 unspecified atom stereocenters. The van der Waals surface area contributed by atoms with Gasteiger partial charge >= 0.3 is 24.7 Å². The quantitative estimate of drug-likeness (QED) is 0.127. The Balaban J connectivity index is 0.000000240. The van der Waals surface area contributed by atoms with E-state index >= 15 is 0 Å². The first-order valence-electron chi connectivity index (χ1n) is 23.5. The van der Waals surface area contributed by atoms with E-state index in [0.29, 0.717) is 12.1 Å². The van der Waals surface area contributed by atoms with Crippen LogP contribution in [-0.2, 0) is 38.2 Å². The minimum absolute atomic E-state index is 0.0159. The lowest BCUT2D eigenvalue weighted by Gasteiger charge is -2.13. The largest absolute Gasteiger partial charge is 0.416 e. The topological polar surface area (TPSA) is 17.8 Å². The smallest absolute Gasteiger partial charge is 0.344 e. The molecule has 0 spiro atoms. The standard InChI is InChI=1S/C14H13N.C10H8F6.C9H6F6.C8H10.C7H8S.C7H8.C6H7N/c1-10-7-8-12-11-5-3-4-6-13(11)15(2)14(12)9-10;1-2-6-3-7(9(11,12)13)5-8(4-6)10(14,15)16;1-5-2-6(8(10,11)12)4-7(3-5)9(13,14)15;1-7-3-5-8(2)6-4-7;1-8-7-5-3-2-4-6-7;1-7-5-3-2-4-6-7;1-6-2-4-7-5-3-6/h3-9H,1-2H3;3-5H,2H2,1H3;2-4H,1H3;3-6H,1-2H3;2-6H,1H3;2-6H,1H3;2-5H,1H3. The molecule has 0 radical (unpaired) electrons. The fourth-order valence-corrected chi connectivity index (χ4v) is 7.19. The molecule has 0 bridgehead atoms. The molecule has 9 aromatic rings. The van der Waals surface area contributed by atoms with Crippen LogP contribution in [-0.4, -0.2) is 15.8 Å². The number of alkyl halides is 12. The SMILES string of the molecule is CCc1cc(C(F)(F)F)cc(C(F)(F)F)c1.CSc1ccccc1.Cc1cc(C(F)(F)F)cc(C(F)(F)F)c1.Cc1ccc(C)cc1.Cc1ccc2c3ccccc3n(C)c2c1.Cc1ccccc1.Cc1ccncc1. The molecule has 7 aromatic carbocycles. The van der Waals surface area contributed by atoms with Crippen LogP contribution in [0.25, 0.3) is 21.8 Å². The van der Waals surface area contributed by atoms with E-state index in [0.717, 1.165) is 12.1 Å². The lowest BCUT2D eigenvalue weighted by molar-refractivity contribution is -0.144. The van der Waals surface area contributed by atoms with Crippen LogP contribution < -0.4 is 0 Å². The van der Waals surface area contributed by atoms with Crippen molar-refractivity contribution in [3.8, 4) is 0 Å². The van der Waals surface area contributed by atoms with Gasteiger partial charge < -0.3 is 4.57 Å². The van der Waals surface area contributed by atoms with Gasteiger partial charge in [-0.3, -0.25) is 4.98 Å². The van der Waals surface area contributed by atoms with Crippen molar-refractivity contribution >= 4 is 33.6 Å². The molecule has 9 rings (SSSR count). The van der Waals surface area contributed by atoms with Crippen LogP contribution >= 0.6 is 11.8 Å². The third-order valence-corrected chi connectivity index (χ3v) is 11.6. The second-order valence-corrected chi connectivity index (χ2v) is 18.2. The molecule has 2 aromatic heterocycles. The molecule has 404 valence electrons. The fraction of sp³-hybridized carbons (Fsp3) is 0.230. The average molecular weight is 1080 g/mol. The van der Waals surface area contributed by atoms with E-state index in [9.17, 15) is 52.7 Å². The lowest BCUT2D eigenvalue weighted by Crippen LogP contribution is -2.11. The first-order valence-corrected chi connectivity index (χ1v) is 24.7. The van der Waals surface area contributed by atoms with Gasteiger partial charge in [0, 0.05) is 46.1 Å². The number of hydrogen-bond donors (Lipinski definition) is 0. The van der Waals surface area contributed by atoms with Crippen molar-refractivity contribution in [1.29, 1.82) is 0 Å². The summed E-state index contributed by atoms with van der Waals surface area (Å²) in [6.45, 7) is 13.1. The number of pyridine rings is 1. The zero-order valence-electron chi connectivity index (χ0n) is 43.4. The summed E-state index contributed by atoms with van der Waals surface area (Å²) < 4.78 is 149. The minimum atomic E-state index is -4.76. The van der Waals surface area contributed by atoms with E-state index in [-0.39, 0.29) is 29.7 Å². The second-order valence-electron chi connectivity index (χ2n) is 17.3. The molecule has 0 atom stereocenters. The normalized spacial score (nSPS) is 11.1. The van der Waals surface area contributed by atoms with Crippen LogP contribution in [0.4, 0.5) is 52.7 Å². The molecule has 0 aliphatic rings. The van der Waals surface area contributed by atoms with Gasteiger partial charge in [0.05, 0.1) is 22.3 Å². The van der Waals surface area contributed by atoms with Crippen molar-refractivity contribution in [2.75, 3.05) is 6.26 Å². The van der Waals surface area contributed by atoms with Gasteiger partial charge in [0.15, 0.2) is 0 Å². The summed E-state index contributed by atoms with van der Waals surface area (Å²) in [5.41, 5.74) is 4.02. The summed E-state index contributed by atoms with van der Waals surface area (Å²) in [7, 11) is 2.13. The van der Waals surface area contributed by atoms with E-state index < -0.39 is 47.0 Å². The van der Waals surface area contributed by atoms with Crippen molar-refractivity contribution < 1.29 is 52.7 Å². The van der Waals surface area contributed by atoms with Gasteiger partial charge in [-0.2, -0.15) is 52.7 Å². The Labute approximate surface area is 441 Å². The van der Waals surface area contributed by atoms with E-state index in [1.807, 2.05) is 55.5 Å². The molecule has 0 amide bonds. The molecule has 0 aliphatic carbocycles. The molecule has 76 heavy (non-hydrogen) atoms. The van der Waals surface area contributed by atoms with E-state index in [2.05, 4.69) is 142 Å². The van der Waals surface area contributed by atoms with Crippen LogP contribution in [0.3, 0.4) is 0 Å². The van der Waals surface area contributed by atoms with Crippen LogP contribution in [0.15, 0.2) is 193 Å². The zero-order chi connectivity index (χ0) is 56.9. The van der Waals surface area contributed by atoms with Crippen molar-refractivity contribution in [2.45, 2.75) is 84.5 Å². The van der Waals surface area contributed by atoms with E-state index in [1.54, 1.807) is 24.2 Å². The molecule has 2 heterocycles. The Bertz CT molecular complexity index is 2980. The lowest BCUT2D eigenvalue weighted by atomic mass is 10.0. The molecule has 0 N–H and O–H groups in total. The number of halogens is 12. The minimum Gasteiger partial charge on any atom is -0.344 e. The summed E-state index contributed by atoms with van der Waals surface area (Å²) in [6.07, 6.45) is -13.3. The number of hydrogen-bond acceptors (Lipinski definition) is 2. The predicted octanol–water partition coefficient (Wildman–Crippen LogP) is 20.1. The number of benzene rings is 7. The predicted molar refractivity (Wildman–Crippen MR) is 286 cm³/mol. The van der Waals surface area contributed by atoms with E-state index in [1.165, 1.54) is 68.4 Å². The number of nitrogens with zero attached hydrogens (tertiary/aromatic N) is 2. The molecule has 0 aliphatic heterocycles. The number of rotatable bonds is 2. The van der Waals surface area contributed by atoms with Crippen LogP contribution in [0.5, 0.6) is 0 Å². The molecule has 15 heteroatoms. The number of aryl methyl sites for hydroxylation is 8. The van der Waals surface area contributed by atoms with Gasteiger partial charge in [-0.25, -0.2) is 0 Å². The maximum Gasteiger partial charge on any atom is 0.416 e. The average Bonchev–Trinajstić information content (AvgIpc) is 3.65. The number of aromatic nitrogens is 2. The highest BCUT2D eigenvalue weighted by Crippen LogP contribution is 2.38. The zero-order valence-corrected chi connectivity index (χ0v) is 44.3. The molecule has 2 nitrogen and oxygen atoms in total. The third-order valence-electron chi connectivity index (χ3n) is 10.8. The first kappa shape index (κ1) is 63.3. The maximum absolute atomic E-state index is 12.3. The summed E-state index contributed by atoms with van der Waals surface area (Å²) in [6, 6.07) is 51.2. The Morgan fingerprint density at radius 1 is 0.382 bits per heavy atom. The van der Waals surface area contributed by atoms with Gasteiger partial charge in [0.1, 0.15) is 0 Å². The number of thioether (sulfide) groups is 1. The maximum atomic E-state index is 12.3. The van der Waals surface area contributed by atoms with Crippen LogP contribution in [0.1, 0.15) is 68.1 Å². The molecular formula is C61H60F12N2S. The van der Waals surface area contributed by atoms with E-state index in [4.69, 9.17) is 0 Å². The van der Waals surface area contributed by atoms with Crippen molar-refractivity contribution in [3.05, 3.63) is 250 Å². The van der Waals surface area contributed by atoms with Gasteiger partial charge in [-0.15, -0.1) is 11.8 Å². The highest BCUT2D eigenvalue weighted by atomic mass is 32.2. The van der Waals surface area contributed by atoms with Gasteiger partial charge in [-0.05, 0) is 149 Å². The third kappa shape index (κ3) is 22.1. The highest BCUT2D eigenvalue weighted by Gasteiger charge is 2.37. The van der Waals surface area contributed by atoms with Gasteiger partial charge in [0.2, 0.25) is 0 Å². The first-order chi connectivity index (χ1) is 35.5. The molecular weight excluding hydrogens is 1020 g/mol. The van der Waals surface area contributed by atoms with Crippen molar-refractivity contribution in [1.82, 2.24) is 9.55 Å². The van der Waals surface area contributed by atoms with Crippen molar-refractivity contribution in [2.24, 2.45) is 7.05 Å². The fourth-order valence-electron chi connectivity index (χ4n) is 6.76. The molecule has 0 saturated heterocycles. The van der Waals surface area contributed by atoms with Crippen molar-refractivity contribution in [3.63, 3.8) is 0 Å². The Kier molecular flexibility index (Phi) is 24.4. The summed E-state index contributed by atoms with van der Waals surface area (Å²) in [5, 5.41) is 2.69. The number of fused-ring (bicyclic) bond motifs is 3. The second kappa shape index (κ2) is 29.3. The summed E-state index contributed by atoms with van der Waals surface area (Å²) in [4.78, 5) is 5.17. The Hall–Kier alpha value is -7.00. The van der Waals surface area contributed by atoms with Gasteiger partial charge in [-0.1, -0.05) is 127 Å². The van der Waals surface area contributed by atoms with Gasteiger partial charge in [0.25, 0.3) is 0 Å². The Morgan fingerprint density at radius 2 is 0.750 bits per heavy atom. The van der Waals surface area contributed by atoms with Crippen LogP contribution in [0.2, 0.25) is 0 Å². The summed E-state index contributed by atoms with van der Waals surface area (Å²) in [5.74, 6) is 0. The van der Waals surface area contributed by atoms with Crippen LogP contribution in [0, 0.1) is 41.5 Å². The Morgan fingerprint density at radius 3 is 1.12 bits per heavy atom.